The standard InChI is InChI=1S/C22H19N3O6/c1-3-30-22-12-16(14-23-17-7-4-15(2)5-8-17)6-10-21(22)31-20-11-9-18(24(26)27)13-19(20)25(28)29/h4-14H,3H2,1-2H3. The molecule has 31 heavy (non-hydrogen) atoms. The lowest BCUT2D eigenvalue weighted by Gasteiger charge is -2.12. The lowest BCUT2D eigenvalue weighted by Crippen LogP contribution is -1.99. The van der Waals surface area contributed by atoms with E-state index in [9.17, 15) is 20.2 Å². The highest BCUT2D eigenvalue weighted by molar-refractivity contribution is 5.83. The first-order valence-corrected chi connectivity index (χ1v) is 9.35. The number of hydrogen-bond donors (Lipinski definition) is 0. The van der Waals surface area contributed by atoms with E-state index in [1.807, 2.05) is 31.2 Å². The van der Waals surface area contributed by atoms with Crippen molar-refractivity contribution in [2.75, 3.05) is 6.61 Å². The normalized spacial score (nSPS) is 10.8. The summed E-state index contributed by atoms with van der Waals surface area (Å²) in [5.41, 5.74) is 1.77. The quantitative estimate of drug-likeness (QED) is 0.259. The van der Waals surface area contributed by atoms with Crippen molar-refractivity contribution in [3.63, 3.8) is 0 Å². The zero-order chi connectivity index (χ0) is 22.4. The molecule has 0 spiro atoms. The molecule has 0 saturated heterocycles. The Morgan fingerprint density at radius 3 is 2.26 bits per heavy atom. The highest BCUT2D eigenvalue weighted by atomic mass is 16.6. The minimum absolute atomic E-state index is 0.127. The van der Waals surface area contributed by atoms with Gasteiger partial charge in [-0.05, 0) is 55.8 Å². The predicted molar refractivity (Wildman–Crippen MR) is 116 cm³/mol. The van der Waals surface area contributed by atoms with Crippen LogP contribution in [0.15, 0.2) is 65.7 Å². The zero-order valence-electron chi connectivity index (χ0n) is 16.8. The molecular weight excluding hydrogens is 402 g/mol. The first kappa shape index (κ1) is 21.4. The number of non-ortho nitro benzene ring substituents is 1. The molecule has 9 heteroatoms. The molecule has 0 aliphatic rings. The Bertz CT molecular complexity index is 1140. The second kappa shape index (κ2) is 9.49. The number of nitro groups is 2. The molecule has 0 radical (unpaired) electrons. The molecule has 3 rings (SSSR count). The van der Waals surface area contributed by atoms with Gasteiger partial charge < -0.3 is 9.47 Å². The highest BCUT2D eigenvalue weighted by Crippen LogP contribution is 2.38. The van der Waals surface area contributed by atoms with Crippen LogP contribution in [-0.4, -0.2) is 22.7 Å². The van der Waals surface area contributed by atoms with E-state index in [4.69, 9.17) is 9.47 Å². The van der Waals surface area contributed by atoms with Crippen LogP contribution in [0.5, 0.6) is 17.2 Å². The summed E-state index contributed by atoms with van der Waals surface area (Å²) in [6, 6.07) is 16.0. The fourth-order valence-corrected chi connectivity index (χ4v) is 2.70. The molecule has 3 aromatic carbocycles. The number of aliphatic imine (C=N–C) groups is 1. The molecule has 0 fully saturated rings. The van der Waals surface area contributed by atoms with E-state index < -0.39 is 21.2 Å². The number of nitro benzene ring substituents is 2. The van der Waals surface area contributed by atoms with Crippen LogP contribution < -0.4 is 9.47 Å². The van der Waals surface area contributed by atoms with Crippen LogP contribution in [0, 0.1) is 27.2 Å². The molecule has 0 saturated carbocycles. The van der Waals surface area contributed by atoms with Gasteiger partial charge in [0.25, 0.3) is 5.69 Å². The van der Waals surface area contributed by atoms with Gasteiger partial charge in [0, 0.05) is 12.3 Å². The van der Waals surface area contributed by atoms with Crippen LogP contribution in [0.25, 0.3) is 0 Å². The fraction of sp³-hybridized carbons (Fsp3) is 0.136. The van der Waals surface area contributed by atoms with Crippen molar-refractivity contribution in [2.24, 2.45) is 4.99 Å². The summed E-state index contributed by atoms with van der Waals surface area (Å²) in [7, 11) is 0. The van der Waals surface area contributed by atoms with Crippen molar-refractivity contribution in [2.45, 2.75) is 13.8 Å². The summed E-state index contributed by atoms with van der Waals surface area (Å²) in [6.07, 6.45) is 1.67. The minimum Gasteiger partial charge on any atom is -0.490 e. The van der Waals surface area contributed by atoms with E-state index in [1.165, 1.54) is 6.07 Å². The second-order valence-electron chi connectivity index (χ2n) is 6.50. The maximum atomic E-state index is 11.3. The minimum atomic E-state index is -0.731. The Hall–Kier alpha value is -4.27. The maximum absolute atomic E-state index is 11.3. The van der Waals surface area contributed by atoms with Gasteiger partial charge in [0.15, 0.2) is 11.5 Å². The van der Waals surface area contributed by atoms with Crippen molar-refractivity contribution >= 4 is 23.3 Å². The van der Waals surface area contributed by atoms with Gasteiger partial charge in [0.1, 0.15) is 0 Å². The van der Waals surface area contributed by atoms with Gasteiger partial charge in [-0.25, -0.2) is 0 Å². The van der Waals surface area contributed by atoms with E-state index in [2.05, 4.69) is 4.99 Å². The van der Waals surface area contributed by atoms with Crippen molar-refractivity contribution < 1.29 is 19.3 Å². The summed E-state index contributed by atoms with van der Waals surface area (Å²) in [4.78, 5) is 25.2. The first-order valence-electron chi connectivity index (χ1n) is 9.35. The largest absolute Gasteiger partial charge is 0.490 e. The van der Waals surface area contributed by atoms with Gasteiger partial charge in [0.2, 0.25) is 5.75 Å². The smallest absolute Gasteiger partial charge is 0.318 e. The average molecular weight is 421 g/mol. The Morgan fingerprint density at radius 1 is 0.903 bits per heavy atom. The topological polar surface area (TPSA) is 117 Å². The van der Waals surface area contributed by atoms with E-state index in [0.717, 1.165) is 28.9 Å². The van der Waals surface area contributed by atoms with Crippen LogP contribution in [0.1, 0.15) is 18.1 Å². The van der Waals surface area contributed by atoms with Crippen LogP contribution in [0.4, 0.5) is 17.1 Å². The van der Waals surface area contributed by atoms with Gasteiger partial charge in [-0.3, -0.25) is 25.2 Å². The molecular formula is C22H19N3O6. The highest BCUT2D eigenvalue weighted by Gasteiger charge is 2.22. The lowest BCUT2D eigenvalue weighted by molar-refractivity contribution is -0.394. The molecule has 0 unspecified atom stereocenters. The predicted octanol–water partition coefficient (Wildman–Crippen LogP) is 5.75. The molecule has 0 amide bonds. The third-order valence-corrected chi connectivity index (χ3v) is 4.23. The number of aryl methyl sites for hydroxylation is 1. The van der Waals surface area contributed by atoms with E-state index in [-0.39, 0.29) is 11.5 Å². The lowest BCUT2D eigenvalue weighted by atomic mass is 10.2. The molecule has 0 aliphatic heterocycles. The average Bonchev–Trinajstić information content (AvgIpc) is 2.75. The summed E-state index contributed by atoms with van der Waals surface area (Å²) >= 11 is 0. The summed E-state index contributed by atoms with van der Waals surface area (Å²) in [5, 5.41) is 22.3. The zero-order valence-corrected chi connectivity index (χ0v) is 16.8. The Morgan fingerprint density at radius 2 is 1.61 bits per heavy atom. The summed E-state index contributed by atoms with van der Waals surface area (Å²) < 4.78 is 11.3. The third-order valence-electron chi connectivity index (χ3n) is 4.23. The van der Waals surface area contributed by atoms with Crippen molar-refractivity contribution in [1.82, 2.24) is 0 Å². The van der Waals surface area contributed by atoms with Crippen LogP contribution >= 0.6 is 0 Å². The molecule has 0 aliphatic carbocycles. The third kappa shape index (κ3) is 5.41. The second-order valence-corrected chi connectivity index (χ2v) is 6.50. The number of ether oxygens (including phenoxy) is 2. The summed E-state index contributed by atoms with van der Waals surface area (Å²) in [5.74, 6) is 0.479. The number of benzene rings is 3. The van der Waals surface area contributed by atoms with Gasteiger partial charge in [-0.1, -0.05) is 17.7 Å². The fourth-order valence-electron chi connectivity index (χ4n) is 2.70. The van der Waals surface area contributed by atoms with Gasteiger partial charge >= 0.3 is 5.69 Å². The SMILES string of the molecule is CCOc1cc(C=Nc2ccc(C)cc2)ccc1Oc1ccc([N+](=O)[O-])cc1[N+](=O)[O-]. The molecule has 0 aromatic heterocycles. The molecule has 9 nitrogen and oxygen atoms in total. The van der Waals surface area contributed by atoms with Crippen molar-refractivity contribution in [1.29, 1.82) is 0 Å². The Labute approximate surface area is 177 Å². The van der Waals surface area contributed by atoms with Gasteiger partial charge in [-0.2, -0.15) is 0 Å². The number of hydrogen-bond acceptors (Lipinski definition) is 7. The van der Waals surface area contributed by atoms with E-state index in [1.54, 1.807) is 31.3 Å². The van der Waals surface area contributed by atoms with Gasteiger partial charge in [-0.15, -0.1) is 0 Å². The molecule has 0 atom stereocenters. The van der Waals surface area contributed by atoms with Gasteiger partial charge in [0.05, 0.1) is 28.2 Å². The van der Waals surface area contributed by atoms with Crippen LogP contribution in [0.3, 0.4) is 0 Å². The molecule has 3 aromatic rings. The Balaban J connectivity index is 1.90. The Kier molecular flexibility index (Phi) is 6.56. The molecule has 0 bridgehead atoms. The van der Waals surface area contributed by atoms with E-state index >= 15 is 0 Å². The van der Waals surface area contributed by atoms with Crippen LogP contribution in [-0.2, 0) is 0 Å². The summed E-state index contributed by atoms with van der Waals surface area (Å²) in [6.45, 7) is 4.14. The molecule has 0 heterocycles. The monoisotopic (exact) mass is 421 g/mol. The van der Waals surface area contributed by atoms with Crippen molar-refractivity contribution in [3.05, 3.63) is 92.0 Å². The molecule has 158 valence electrons. The number of nitrogens with zero attached hydrogens (tertiary/aromatic N) is 3. The van der Waals surface area contributed by atoms with Crippen molar-refractivity contribution in [3.8, 4) is 17.2 Å². The molecule has 0 N–H and O–H groups in total. The first-order chi connectivity index (χ1) is 14.9. The maximum Gasteiger partial charge on any atom is 0.318 e. The van der Waals surface area contributed by atoms with E-state index in [0.29, 0.717) is 12.4 Å². The van der Waals surface area contributed by atoms with Crippen LogP contribution in [0.2, 0.25) is 0 Å². The number of rotatable bonds is 8.